The maximum Gasteiger partial charge on any atom is -0.0129 e. The molecule has 0 spiro atoms. The summed E-state index contributed by atoms with van der Waals surface area (Å²) in [4.78, 5) is 0. The predicted molar refractivity (Wildman–Crippen MR) is 82.4 cm³/mol. The number of rotatable bonds is 4. The van der Waals surface area contributed by atoms with Gasteiger partial charge in [0, 0.05) is 0 Å². The van der Waals surface area contributed by atoms with Crippen molar-refractivity contribution < 1.29 is 0 Å². The summed E-state index contributed by atoms with van der Waals surface area (Å²) in [5, 5.41) is 1.58. The van der Waals surface area contributed by atoms with Gasteiger partial charge in [-0.15, -0.1) is 0 Å². The average Bonchev–Trinajstić information content (AvgIpc) is 2.27. The van der Waals surface area contributed by atoms with E-state index in [2.05, 4.69) is 53.4 Å². The van der Waals surface area contributed by atoms with Gasteiger partial charge < -0.3 is 0 Å². The fourth-order valence-corrected chi connectivity index (χ4v) is 3.40. The highest BCUT2D eigenvalue weighted by atomic mass is 31.1. The lowest BCUT2D eigenvalue weighted by molar-refractivity contribution is 0.582. The van der Waals surface area contributed by atoms with Crippen molar-refractivity contribution in [2.24, 2.45) is 0 Å². The van der Waals surface area contributed by atoms with Crippen LogP contribution in [0.2, 0.25) is 0 Å². The van der Waals surface area contributed by atoms with E-state index in [-0.39, 0.29) is 5.41 Å². The lowest BCUT2D eigenvalue weighted by atomic mass is 9.80. The van der Waals surface area contributed by atoms with Gasteiger partial charge in [-0.05, 0) is 46.9 Å². The lowest BCUT2D eigenvalue weighted by Crippen LogP contribution is -2.19. The van der Waals surface area contributed by atoms with Gasteiger partial charge >= 0.3 is 0 Å². The maximum atomic E-state index is 2.36. The highest BCUT2D eigenvalue weighted by Gasteiger charge is 2.20. The molecule has 0 aliphatic carbocycles. The summed E-state index contributed by atoms with van der Waals surface area (Å²) in [5.41, 5.74) is 5.07. The minimum Gasteiger partial charge on any atom is -0.0933 e. The van der Waals surface area contributed by atoms with E-state index >= 15 is 0 Å². The monoisotopic (exact) mass is 250 g/mol. The molecule has 0 amide bonds. The highest BCUT2D eigenvalue weighted by Crippen LogP contribution is 2.30. The van der Waals surface area contributed by atoms with Crippen molar-refractivity contribution in [2.45, 2.75) is 59.3 Å². The molecule has 96 valence electrons. The van der Waals surface area contributed by atoms with Gasteiger partial charge in [0.15, 0.2) is 0 Å². The molecule has 0 heterocycles. The molecule has 0 nitrogen and oxygen atoms in total. The Balaban J connectivity index is 3.40. The molecule has 0 N–H and O–H groups in total. The first-order valence-electron chi connectivity index (χ1n) is 6.78. The van der Waals surface area contributed by atoms with Gasteiger partial charge in [-0.1, -0.05) is 61.8 Å². The van der Waals surface area contributed by atoms with Gasteiger partial charge in [-0.3, -0.25) is 0 Å². The summed E-state index contributed by atoms with van der Waals surface area (Å²) in [6.07, 6.45) is 3.65. The first kappa shape index (κ1) is 14.7. The molecule has 17 heavy (non-hydrogen) atoms. The van der Waals surface area contributed by atoms with Crippen LogP contribution in [0.25, 0.3) is 0 Å². The molecule has 0 bridgehead atoms. The molecular formula is C16H27P. The third kappa shape index (κ3) is 3.32. The molecule has 1 aromatic rings. The van der Waals surface area contributed by atoms with E-state index in [1.54, 1.807) is 22.0 Å². The Morgan fingerprint density at radius 1 is 1.06 bits per heavy atom. The summed E-state index contributed by atoms with van der Waals surface area (Å²) in [6.45, 7) is 13.9. The SMILES string of the molecule is CCCc1c(PC)ccc(C(C)(C)C)c1CC. The smallest absolute Gasteiger partial charge is 0.0129 e. The Kier molecular flexibility index (Phi) is 5.20. The van der Waals surface area contributed by atoms with Gasteiger partial charge in [0.1, 0.15) is 0 Å². The summed E-state index contributed by atoms with van der Waals surface area (Å²) < 4.78 is 0. The molecule has 0 radical (unpaired) electrons. The van der Waals surface area contributed by atoms with E-state index in [1.807, 2.05) is 0 Å². The summed E-state index contributed by atoms with van der Waals surface area (Å²) in [5.74, 6) is 0. The Labute approximate surface area is 109 Å². The van der Waals surface area contributed by atoms with Crippen molar-refractivity contribution in [2.75, 3.05) is 6.66 Å². The molecule has 0 aromatic heterocycles. The predicted octanol–water partition coefficient (Wildman–Crippen LogP) is 4.43. The Hall–Kier alpha value is -0.350. The van der Waals surface area contributed by atoms with Crippen LogP contribution in [-0.4, -0.2) is 6.66 Å². The van der Waals surface area contributed by atoms with Crippen LogP contribution in [0, 0.1) is 0 Å². The second-order valence-electron chi connectivity index (χ2n) is 5.72. The fourth-order valence-electron chi connectivity index (χ4n) is 2.57. The quantitative estimate of drug-likeness (QED) is 0.693. The Bertz CT molecular complexity index is 372. The van der Waals surface area contributed by atoms with Crippen molar-refractivity contribution in [1.82, 2.24) is 0 Å². The van der Waals surface area contributed by atoms with Crippen molar-refractivity contribution in [1.29, 1.82) is 0 Å². The zero-order chi connectivity index (χ0) is 13.1. The Morgan fingerprint density at radius 2 is 1.71 bits per heavy atom. The van der Waals surface area contributed by atoms with Crippen LogP contribution in [-0.2, 0) is 18.3 Å². The highest BCUT2D eigenvalue weighted by molar-refractivity contribution is 7.46. The second kappa shape index (κ2) is 6.01. The molecule has 1 rings (SSSR count). The van der Waals surface area contributed by atoms with Crippen LogP contribution in [0.5, 0.6) is 0 Å². The Morgan fingerprint density at radius 3 is 2.12 bits per heavy atom. The van der Waals surface area contributed by atoms with Crippen molar-refractivity contribution in [3.63, 3.8) is 0 Å². The van der Waals surface area contributed by atoms with E-state index in [9.17, 15) is 0 Å². The minimum atomic E-state index is 0.267. The summed E-state index contributed by atoms with van der Waals surface area (Å²) in [7, 11) is 0.918. The zero-order valence-corrected chi connectivity index (χ0v) is 13.3. The third-order valence-corrected chi connectivity index (χ3v) is 4.37. The standard InChI is InChI=1S/C16H27P/c1-7-9-13-12(8-2)14(16(3,4)5)10-11-15(13)17-6/h10-11,17H,7-9H2,1-6H3. The topological polar surface area (TPSA) is 0 Å². The molecular weight excluding hydrogens is 223 g/mol. The van der Waals surface area contributed by atoms with Crippen molar-refractivity contribution in [3.8, 4) is 0 Å². The molecule has 0 saturated carbocycles. The molecule has 1 atom stereocenters. The van der Waals surface area contributed by atoms with E-state index in [0.717, 1.165) is 8.58 Å². The molecule has 0 aliphatic rings. The normalized spacial score (nSPS) is 12.6. The van der Waals surface area contributed by atoms with Crippen LogP contribution in [0.4, 0.5) is 0 Å². The van der Waals surface area contributed by atoms with Crippen LogP contribution >= 0.6 is 8.58 Å². The summed E-state index contributed by atoms with van der Waals surface area (Å²) >= 11 is 0. The van der Waals surface area contributed by atoms with E-state index < -0.39 is 0 Å². The molecule has 1 unspecified atom stereocenters. The molecule has 0 saturated heterocycles. The van der Waals surface area contributed by atoms with Gasteiger partial charge in [-0.2, -0.15) is 0 Å². The van der Waals surface area contributed by atoms with Gasteiger partial charge in [-0.25, -0.2) is 0 Å². The lowest BCUT2D eigenvalue weighted by Gasteiger charge is -2.26. The van der Waals surface area contributed by atoms with Crippen LogP contribution in [0.3, 0.4) is 0 Å². The van der Waals surface area contributed by atoms with Gasteiger partial charge in [0.2, 0.25) is 0 Å². The molecule has 1 aromatic carbocycles. The van der Waals surface area contributed by atoms with E-state index in [1.165, 1.54) is 19.3 Å². The molecule has 1 heteroatoms. The largest absolute Gasteiger partial charge is 0.0933 e. The molecule has 0 fully saturated rings. The number of benzene rings is 1. The van der Waals surface area contributed by atoms with Gasteiger partial charge in [0.05, 0.1) is 0 Å². The van der Waals surface area contributed by atoms with E-state index in [0.29, 0.717) is 0 Å². The zero-order valence-electron chi connectivity index (χ0n) is 12.3. The molecule has 0 aliphatic heterocycles. The minimum absolute atomic E-state index is 0.267. The van der Waals surface area contributed by atoms with Crippen LogP contribution in [0.1, 0.15) is 57.7 Å². The van der Waals surface area contributed by atoms with E-state index in [4.69, 9.17) is 0 Å². The second-order valence-corrected chi connectivity index (χ2v) is 6.76. The van der Waals surface area contributed by atoms with Crippen molar-refractivity contribution in [3.05, 3.63) is 28.8 Å². The first-order valence-corrected chi connectivity index (χ1v) is 8.28. The fraction of sp³-hybridized carbons (Fsp3) is 0.625. The van der Waals surface area contributed by atoms with Crippen molar-refractivity contribution >= 4 is 13.9 Å². The third-order valence-electron chi connectivity index (χ3n) is 3.36. The van der Waals surface area contributed by atoms with Crippen LogP contribution in [0.15, 0.2) is 12.1 Å². The average molecular weight is 250 g/mol. The van der Waals surface area contributed by atoms with Crippen LogP contribution < -0.4 is 5.30 Å². The number of hydrogen-bond donors (Lipinski definition) is 0. The number of hydrogen-bond acceptors (Lipinski definition) is 0. The van der Waals surface area contributed by atoms with Gasteiger partial charge in [0.25, 0.3) is 0 Å². The first-order chi connectivity index (χ1) is 7.95. The maximum absolute atomic E-state index is 2.36. The summed E-state index contributed by atoms with van der Waals surface area (Å²) in [6, 6.07) is 4.73.